The predicted molar refractivity (Wildman–Crippen MR) is 50.8 cm³/mol. The summed E-state index contributed by atoms with van der Waals surface area (Å²) in [7, 11) is 0. The van der Waals surface area contributed by atoms with E-state index in [1.165, 1.54) is 6.07 Å². The maximum Gasteiger partial charge on any atom is 0.416 e. The van der Waals surface area contributed by atoms with Crippen molar-refractivity contribution in [1.29, 1.82) is 0 Å². The molecular formula is C11H11F3. The minimum absolute atomic E-state index is 0.585. The molecule has 0 bridgehead atoms. The highest BCUT2D eigenvalue weighted by molar-refractivity contribution is 5.50. The number of hydrogen-bond donors (Lipinski definition) is 0. The fraction of sp³-hybridized carbons (Fsp3) is 0.273. The first-order valence-electron chi connectivity index (χ1n) is 4.38. The van der Waals surface area contributed by atoms with E-state index in [4.69, 9.17) is 0 Å². The molecule has 0 heterocycles. The fourth-order valence-corrected chi connectivity index (χ4v) is 1.07. The smallest absolute Gasteiger partial charge is 0.166 e. The largest absolute Gasteiger partial charge is 0.416 e. The first-order chi connectivity index (χ1) is 6.54. The summed E-state index contributed by atoms with van der Waals surface area (Å²) in [6.07, 6.45) is 0.0804. The van der Waals surface area contributed by atoms with Crippen molar-refractivity contribution in [1.82, 2.24) is 0 Å². The normalized spacial score (nSPS) is 12.3. The van der Waals surface area contributed by atoms with Gasteiger partial charge in [-0.1, -0.05) is 31.2 Å². The van der Waals surface area contributed by atoms with Crippen LogP contribution in [0.5, 0.6) is 0 Å². The molecule has 0 spiro atoms. The molecule has 0 amide bonds. The number of allylic oxidation sites excluding steroid dienone is 1. The second kappa shape index (κ2) is 4.31. The highest BCUT2D eigenvalue weighted by Crippen LogP contribution is 2.29. The Labute approximate surface area is 81.1 Å². The number of benzene rings is 1. The highest BCUT2D eigenvalue weighted by atomic mass is 19.4. The zero-order chi connectivity index (χ0) is 10.6. The van der Waals surface area contributed by atoms with Gasteiger partial charge in [-0.25, -0.2) is 0 Å². The van der Waals surface area contributed by atoms with Crippen molar-refractivity contribution in [3.8, 4) is 0 Å². The van der Waals surface area contributed by atoms with Crippen molar-refractivity contribution in [3.63, 3.8) is 0 Å². The van der Waals surface area contributed by atoms with E-state index in [1.807, 2.05) is 13.0 Å². The first kappa shape index (κ1) is 10.8. The van der Waals surface area contributed by atoms with Gasteiger partial charge in [-0.3, -0.25) is 0 Å². The van der Waals surface area contributed by atoms with Gasteiger partial charge < -0.3 is 0 Å². The third kappa shape index (κ3) is 2.91. The summed E-state index contributed by atoms with van der Waals surface area (Å²) in [4.78, 5) is 0. The fourth-order valence-electron chi connectivity index (χ4n) is 1.07. The Kier molecular flexibility index (Phi) is 3.33. The van der Waals surface area contributed by atoms with Crippen LogP contribution < -0.4 is 0 Å². The van der Waals surface area contributed by atoms with E-state index in [0.29, 0.717) is 5.56 Å². The van der Waals surface area contributed by atoms with Crippen LogP contribution in [0.2, 0.25) is 0 Å². The van der Waals surface area contributed by atoms with Crippen LogP contribution in [0, 0.1) is 0 Å². The quantitative estimate of drug-likeness (QED) is 0.673. The van der Waals surface area contributed by atoms with Crippen molar-refractivity contribution in [2.24, 2.45) is 0 Å². The molecule has 0 saturated carbocycles. The summed E-state index contributed by atoms with van der Waals surface area (Å²) < 4.78 is 36.8. The molecule has 1 aromatic carbocycles. The lowest BCUT2D eigenvalue weighted by Gasteiger charge is -2.06. The van der Waals surface area contributed by atoms with Crippen LogP contribution in [0.15, 0.2) is 30.3 Å². The molecule has 1 aromatic rings. The van der Waals surface area contributed by atoms with Gasteiger partial charge in [-0.15, -0.1) is 0 Å². The molecule has 14 heavy (non-hydrogen) atoms. The molecule has 0 N–H and O–H groups in total. The molecule has 0 unspecified atom stereocenters. The molecule has 0 saturated heterocycles. The number of halogens is 3. The van der Waals surface area contributed by atoms with Crippen LogP contribution >= 0.6 is 0 Å². The van der Waals surface area contributed by atoms with Crippen molar-refractivity contribution < 1.29 is 13.2 Å². The SMILES string of the molecule is CC/C=C/c1cccc(C(F)(F)F)c1. The van der Waals surface area contributed by atoms with Crippen LogP contribution in [0.4, 0.5) is 13.2 Å². The monoisotopic (exact) mass is 200 g/mol. The van der Waals surface area contributed by atoms with Crippen LogP contribution in [-0.4, -0.2) is 0 Å². The second-order valence-corrected chi connectivity index (χ2v) is 2.93. The highest BCUT2D eigenvalue weighted by Gasteiger charge is 2.30. The van der Waals surface area contributed by atoms with E-state index in [1.54, 1.807) is 12.1 Å². The molecule has 76 valence electrons. The van der Waals surface area contributed by atoms with Crippen LogP contribution in [0.1, 0.15) is 24.5 Å². The van der Waals surface area contributed by atoms with Crippen molar-refractivity contribution in [2.75, 3.05) is 0 Å². The van der Waals surface area contributed by atoms with E-state index < -0.39 is 11.7 Å². The lowest BCUT2D eigenvalue weighted by molar-refractivity contribution is -0.137. The van der Waals surface area contributed by atoms with Crippen LogP contribution in [-0.2, 0) is 6.18 Å². The van der Waals surface area contributed by atoms with E-state index in [9.17, 15) is 13.2 Å². The average Bonchev–Trinajstić information content (AvgIpc) is 2.14. The lowest BCUT2D eigenvalue weighted by atomic mass is 10.1. The molecule has 0 nitrogen and oxygen atoms in total. The molecular weight excluding hydrogens is 189 g/mol. The van der Waals surface area contributed by atoms with Crippen LogP contribution in [0.3, 0.4) is 0 Å². The maximum atomic E-state index is 12.3. The predicted octanol–water partition coefficient (Wildman–Crippen LogP) is 4.13. The Hall–Kier alpha value is -1.25. The van der Waals surface area contributed by atoms with Gasteiger partial charge in [0.1, 0.15) is 0 Å². The van der Waals surface area contributed by atoms with Crippen molar-refractivity contribution >= 4 is 6.08 Å². The van der Waals surface area contributed by atoms with E-state index >= 15 is 0 Å². The van der Waals surface area contributed by atoms with E-state index in [2.05, 4.69) is 0 Å². The topological polar surface area (TPSA) is 0 Å². The van der Waals surface area contributed by atoms with Crippen molar-refractivity contribution in [3.05, 3.63) is 41.5 Å². The van der Waals surface area contributed by atoms with E-state index in [-0.39, 0.29) is 0 Å². The van der Waals surface area contributed by atoms with Gasteiger partial charge >= 0.3 is 6.18 Å². The Morgan fingerprint density at radius 3 is 2.57 bits per heavy atom. The van der Waals surface area contributed by atoms with Gasteiger partial charge in [-0.05, 0) is 24.1 Å². The molecule has 0 fully saturated rings. The van der Waals surface area contributed by atoms with Gasteiger partial charge in [0.15, 0.2) is 0 Å². The minimum atomic E-state index is -4.25. The number of alkyl halides is 3. The van der Waals surface area contributed by atoms with Gasteiger partial charge in [0, 0.05) is 0 Å². The molecule has 0 atom stereocenters. The molecule has 0 aliphatic heterocycles. The van der Waals surface area contributed by atoms with Gasteiger partial charge in [0.05, 0.1) is 5.56 Å². The second-order valence-electron chi connectivity index (χ2n) is 2.93. The summed E-state index contributed by atoms with van der Waals surface area (Å²) in [5.74, 6) is 0. The van der Waals surface area contributed by atoms with Gasteiger partial charge in [-0.2, -0.15) is 13.2 Å². The number of rotatable bonds is 2. The van der Waals surface area contributed by atoms with Gasteiger partial charge in [0.2, 0.25) is 0 Å². The average molecular weight is 200 g/mol. The third-order valence-electron chi connectivity index (χ3n) is 1.76. The summed E-state index contributed by atoms with van der Waals surface area (Å²) in [6.45, 7) is 1.93. The Morgan fingerprint density at radius 1 is 1.29 bits per heavy atom. The van der Waals surface area contributed by atoms with Crippen molar-refractivity contribution in [2.45, 2.75) is 19.5 Å². The lowest BCUT2D eigenvalue weighted by Crippen LogP contribution is -2.04. The molecule has 0 aliphatic rings. The first-order valence-corrected chi connectivity index (χ1v) is 4.38. The summed E-state index contributed by atoms with van der Waals surface area (Å²) in [5, 5.41) is 0. The summed E-state index contributed by atoms with van der Waals surface area (Å²) >= 11 is 0. The molecule has 0 aromatic heterocycles. The Balaban J connectivity index is 2.96. The zero-order valence-electron chi connectivity index (χ0n) is 7.81. The molecule has 0 aliphatic carbocycles. The third-order valence-corrected chi connectivity index (χ3v) is 1.76. The zero-order valence-corrected chi connectivity index (χ0v) is 7.81. The molecule has 3 heteroatoms. The van der Waals surface area contributed by atoms with Gasteiger partial charge in [0.25, 0.3) is 0 Å². The van der Waals surface area contributed by atoms with Crippen LogP contribution in [0.25, 0.3) is 6.08 Å². The summed E-state index contributed by atoms with van der Waals surface area (Å²) in [5.41, 5.74) is -0.0163. The van der Waals surface area contributed by atoms with E-state index in [0.717, 1.165) is 18.6 Å². The Bertz CT molecular complexity index is 324. The minimum Gasteiger partial charge on any atom is -0.166 e. The maximum absolute atomic E-state index is 12.3. The standard InChI is InChI=1S/C11H11F3/c1-2-3-5-9-6-4-7-10(8-9)11(12,13)14/h3-8H,2H2,1H3/b5-3+. The number of hydrogen-bond acceptors (Lipinski definition) is 0. The summed E-state index contributed by atoms with van der Waals surface area (Å²) in [6, 6.07) is 5.29. The Morgan fingerprint density at radius 2 is 2.00 bits per heavy atom. The molecule has 1 rings (SSSR count). The molecule has 0 radical (unpaired) electrons.